The van der Waals surface area contributed by atoms with Crippen LogP contribution in [0.15, 0.2) is 30.5 Å². The van der Waals surface area contributed by atoms with Crippen LogP contribution in [0.2, 0.25) is 0 Å². The van der Waals surface area contributed by atoms with E-state index in [1.807, 2.05) is 38.2 Å². The maximum absolute atomic E-state index is 13.6. The van der Waals surface area contributed by atoms with Gasteiger partial charge in [-0.2, -0.15) is 8.42 Å². The topological polar surface area (TPSA) is 114 Å². The number of nitrogens with zero attached hydrogens (tertiary/aromatic N) is 4. The molecule has 2 aliphatic heterocycles. The predicted molar refractivity (Wildman–Crippen MR) is 142 cm³/mol. The van der Waals surface area contributed by atoms with Crippen LogP contribution in [-0.4, -0.2) is 86.9 Å². The van der Waals surface area contributed by atoms with Crippen LogP contribution in [0, 0.1) is 0 Å². The summed E-state index contributed by atoms with van der Waals surface area (Å²) in [6.45, 7) is 6.71. The van der Waals surface area contributed by atoms with Crippen molar-refractivity contribution >= 4 is 21.7 Å². The number of likely N-dealkylation sites (tertiary alicyclic amines) is 1. The van der Waals surface area contributed by atoms with Gasteiger partial charge in [0.05, 0.1) is 35.9 Å². The highest BCUT2D eigenvalue weighted by atomic mass is 32.2. The van der Waals surface area contributed by atoms with E-state index in [0.29, 0.717) is 43.3 Å². The molecule has 0 radical (unpaired) electrons. The molecule has 11 heteroatoms. The van der Waals surface area contributed by atoms with Crippen LogP contribution < -0.4 is 15.0 Å². The Balaban J connectivity index is 1.69. The van der Waals surface area contributed by atoms with Crippen molar-refractivity contribution in [2.24, 2.45) is 0 Å². The van der Waals surface area contributed by atoms with Crippen LogP contribution in [0.25, 0.3) is 11.3 Å². The van der Waals surface area contributed by atoms with Crippen molar-refractivity contribution < 1.29 is 22.1 Å². The van der Waals surface area contributed by atoms with Gasteiger partial charge in [0.2, 0.25) is 5.88 Å². The van der Waals surface area contributed by atoms with Crippen molar-refractivity contribution in [2.45, 2.75) is 57.7 Å². The van der Waals surface area contributed by atoms with Crippen LogP contribution in [0.1, 0.15) is 50.0 Å². The first-order chi connectivity index (χ1) is 17.7. The Kier molecular flexibility index (Phi) is 8.66. The molecular weight excluding hydrogens is 494 g/mol. The van der Waals surface area contributed by atoms with Crippen molar-refractivity contribution in [1.82, 2.24) is 20.2 Å². The number of hydrogen-bond acceptors (Lipinski definition) is 9. The first kappa shape index (κ1) is 27.3. The Morgan fingerprint density at radius 3 is 2.68 bits per heavy atom. The minimum Gasteiger partial charge on any atom is -0.477 e. The fourth-order valence-corrected chi connectivity index (χ4v) is 5.87. The molecule has 1 amide bonds. The lowest BCUT2D eigenvalue weighted by Gasteiger charge is -2.40. The van der Waals surface area contributed by atoms with E-state index in [9.17, 15) is 13.2 Å². The SMILES string of the molecule is CCOc1ncccc1-c1ccc(N2CC[C@@H](OS(C)(=O)=O)C[C@H]2CC)c(C(=O)N[C@@H]2CCN(C)C2)n1. The molecule has 2 saturated heterocycles. The van der Waals surface area contributed by atoms with E-state index in [1.54, 1.807) is 6.20 Å². The second-order valence-corrected chi connectivity index (χ2v) is 11.4. The van der Waals surface area contributed by atoms with E-state index in [1.165, 1.54) is 0 Å². The van der Waals surface area contributed by atoms with Gasteiger partial charge < -0.3 is 19.9 Å². The third-order valence-corrected chi connectivity index (χ3v) is 7.52. The summed E-state index contributed by atoms with van der Waals surface area (Å²) in [5, 5.41) is 3.18. The quantitative estimate of drug-likeness (QED) is 0.488. The number of nitrogens with one attached hydrogen (secondary N) is 1. The molecule has 0 unspecified atom stereocenters. The van der Waals surface area contributed by atoms with Gasteiger partial charge in [0.25, 0.3) is 16.0 Å². The zero-order valence-electron chi connectivity index (χ0n) is 22.0. The van der Waals surface area contributed by atoms with Gasteiger partial charge in [0.15, 0.2) is 5.69 Å². The molecule has 2 aliphatic rings. The summed E-state index contributed by atoms with van der Waals surface area (Å²) in [6, 6.07) is 7.60. The van der Waals surface area contributed by atoms with E-state index in [0.717, 1.165) is 43.4 Å². The summed E-state index contributed by atoms with van der Waals surface area (Å²) in [5.74, 6) is 0.252. The van der Waals surface area contributed by atoms with Crippen LogP contribution in [0.3, 0.4) is 0 Å². The minimum atomic E-state index is -3.54. The molecule has 0 spiro atoms. The Labute approximate surface area is 219 Å². The molecule has 37 heavy (non-hydrogen) atoms. The van der Waals surface area contributed by atoms with E-state index < -0.39 is 10.1 Å². The minimum absolute atomic E-state index is 0.00897. The number of piperidine rings is 1. The van der Waals surface area contributed by atoms with Crippen molar-refractivity contribution in [3.8, 4) is 17.1 Å². The van der Waals surface area contributed by atoms with Gasteiger partial charge in [-0.15, -0.1) is 0 Å². The Bertz CT molecular complexity index is 1210. The van der Waals surface area contributed by atoms with Crippen LogP contribution in [-0.2, 0) is 14.3 Å². The molecule has 1 N–H and O–H groups in total. The molecule has 0 aliphatic carbocycles. The number of pyridine rings is 2. The second-order valence-electron chi connectivity index (χ2n) is 9.78. The number of ether oxygens (including phenoxy) is 1. The Morgan fingerprint density at radius 2 is 2.00 bits per heavy atom. The van der Waals surface area contributed by atoms with Gasteiger partial charge in [0, 0.05) is 31.4 Å². The van der Waals surface area contributed by atoms with Gasteiger partial charge in [-0.25, -0.2) is 9.97 Å². The maximum Gasteiger partial charge on any atom is 0.272 e. The van der Waals surface area contributed by atoms with Crippen molar-refractivity contribution in [3.63, 3.8) is 0 Å². The molecule has 0 saturated carbocycles. The highest BCUT2D eigenvalue weighted by Gasteiger charge is 2.33. The van der Waals surface area contributed by atoms with Crippen LogP contribution in [0.4, 0.5) is 5.69 Å². The summed E-state index contributed by atoms with van der Waals surface area (Å²) in [6.07, 6.45) is 5.13. The monoisotopic (exact) mass is 531 g/mol. The van der Waals surface area contributed by atoms with Crippen molar-refractivity contribution in [1.29, 1.82) is 0 Å². The van der Waals surface area contributed by atoms with Gasteiger partial charge in [-0.1, -0.05) is 6.92 Å². The van der Waals surface area contributed by atoms with E-state index >= 15 is 0 Å². The molecule has 202 valence electrons. The lowest BCUT2D eigenvalue weighted by molar-refractivity contribution is 0.0933. The fraction of sp³-hybridized carbons (Fsp3) is 0.577. The van der Waals surface area contributed by atoms with E-state index in [4.69, 9.17) is 13.9 Å². The molecular formula is C26H37N5O5S. The first-order valence-electron chi connectivity index (χ1n) is 12.9. The smallest absolute Gasteiger partial charge is 0.272 e. The van der Waals surface area contributed by atoms with Gasteiger partial charge in [-0.05, 0) is 70.5 Å². The lowest BCUT2D eigenvalue weighted by Crippen LogP contribution is -2.46. The summed E-state index contributed by atoms with van der Waals surface area (Å²) in [7, 11) is -1.49. The molecule has 0 bridgehead atoms. The summed E-state index contributed by atoms with van der Waals surface area (Å²) in [4.78, 5) is 27.2. The molecule has 0 aromatic carbocycles. The zero-order chi connectivity index (χ0) is 26.6. The largest absolute Gasteiger partial charge is 0.477 e. The first-order valence-corrected chi connectivity index (χ1v) is 14.7. The standard InChI is InChI=1S/C26H37N5O5S/c1-5-19-16-20(36-37(4,33)34)12-15-31(19)23-10-9-22(21-8-7-13-27-26(21)35-6-2)29-24(23)25(32)28-18-11-14-30(3)17-18/h7-10,13,18-20H,5-6,11-12,14-17H2,1-4H3,(H,28,32)/t18-,19-,20-/m1/s1. The number of carbonyl (C=O) groups excluding carboxylic acids is 1. The van der Waals surface area contributed by atoms with Crippen LogP contribution >= 0.6 is 0 Å². The van der Waals surface area contributed by atoms with Crippen molar-refractivity contribution in [2.75, 3.05) is 44.4 Å². The number of carbonyl (C=O) groups is 1. The third-order valence-electron chi connectivity index (χ3n) is 6.90. The summed E-state index contributed by atoms with van der Waals surface area (Å²) >= 11 is 0. The third kappa shape index (κ3) is 6.77. The number of likely N-dealkylation sites (N-methyl/N-ethyl adjacent to an activating group) is 1. The second kappa shape index (κ2) is 11.7. The molecule has 2 aromatic heterocycles. The molecule has 3 atom stereocenters. The van der Waals surface area contributed by atoms with Gasteiger partial charge in [0.1, 0.15) is 0 Å². The van der Waals surface area contributed by atoms with E-state index in [-0.39, 0.29) is 24.1 Å². The Morgan fingerprint density at radius 1 is 1.19 bits per heavy atom. The molecule has 10 nitrogen and oxygen atoms in total. The molecule has 4 rings (SSSR count). The maximum atomic E-state index is 13.6. The van der Waals surface area contributed by atoms with Crippen molar-refractivity contribution in [3.05, 3.63) is 36.2 Å². The van der Waals surface area contributed by atoms with E-state index in [2.05, 4.69) is 27.0 Å². The normalized spacial score (nSPS) is 22.7. The number of rotatable bonds is 9. The zero-order valence-corrected chi connectivity index (χ0v) is 22.8. The average Bonchev–Trinajstić information content (AvgIpc) is 3.27. The average molecular weight is 532 g/mol. The Hall–Kier alpha value is -2.76. The highest BCUT2D eigenvalue weighted by Crippen LogP contribution is 2.34. The number of hydrogen-bond donors (Lipinski definition) is 1. The molecule has 4 heterocycles. The highest BCUT2D eigenvalue weighted by molar-refractivity contribution is 7.86. The van der Waals surface area contributed by atoms with Gasteiger partial charge in [-0.3, -0.25) is 8.98 Å². The number of anilines is 1. The number of aromatic nitrogens is 2. The lowest BCUT2D eigenvalue weighted by atomic mass is 9.96. The molecule has 2 aromatic rings. The number of amides is 1. The van der Waals surface area contributed by atoms with Crippen LogP contribution in [0.5, 0.6) is 5.88 Å². The fourth-order valence-electron chi connectivity index (χ4n) is 5.20. The summed E-state index contributed by atoms with van der Waals surface area (Å²) < 4.78 is 34.4. The molecule has 2 fully saturated rings. The predicted octanol–water partition coefficient (Wildman–Crippen LogP) is 2.70. The summed E-state index contributed by atoms with van der Waals surface area (Å²) in [5.41, 5.74) is 2.41. The van der Waals surface area contributed by atoms with Gasteiger partial charge >= 0.3 is 0 Å².